The molecule has 0 fully saturated rings. The first-order chi connectivity index (χ1) is 9.30. The molecule has 0 bridgehead atoms. The minimum Gasteiger partial charge on any atom is -0.287 e. The molecule has 3 nitrogen and oxygen atoms in total. The Labute approximate surface area is 130 Å². The van der Waals surface area contributed by atoms with E-state index in [4.69, 9.17) is 9.97 Å². The lowest BCUT2D eigenvalue weighted by Gasteiger charge is -2.30. The van der Waals surface area contributed by atoms with Crippen molar-refractivity contribution in [3.05, 3.63) is 22.8 Å². The number of aromatic nitrogens is 2. The van der Waals surface area contributed by atoms with E-state index in [-0.39, 0.29) is 16.4 Å². The number of fused-ring (bicyclic) bond motifs is 1. The number of rotatable bonds is 0. The quantitative estimate of drug-likeness (QED) is 0.717. The Kier molecular flexibility index (Phi) is 3.73. The summed E-state index contributed by atoms with van der Waals surface area (Å²) in [5, 5.41) is 0. The second-order valence-corrected chi connectivity index (χ2v) is 9.34. The minimum atomic E-state index is 0.0276. The Hall–Kier alpha value is -0.960. The van der Waals surface area contributed by atoms with Crippen LogP contribution >= 0.6 is 0 Å². The molecule has 0 N–H and O–H groups in total. The molecular formula is C18H31N3. The Morgan fingerprint density at radius 3 is 1.24 bits per heavy atom. The molecule has 0 atom stereocenters. The van der Waals surface area contributed by atoms with Gasteiger partial charge in [-0.1, -0.05) is 41.5 Å². The van der Waals surface area contributed by atoms with Crippen LogP contribution in [-0.2, 0) is 23.9 Å². The van der Waals surface area contributed by atoms with Crippen molar-refractivity contribution in [3.63, 3.8) is 0 Å². The highest BCUT2D eigenvalue weighted by Gasteiger charge is 2.35. The molecule has 0 radical (unpaired) electrons. The maximum atomic E-state index is 5.05. The van der Waals surface area contributed by atoms with Gasteiger partial charge in [0.15, 0.2) is 0 Å². The van der Waals surface area contributed by atoms with Gasteiger partial charge in [0.1, 0.15) is 0 Å². The highest BCUT2D eigenvalue weighted by molar-refractivity contribution is 5.31. The predicted octanol–water partition coefficient (Wildman–Crippen LogP) is 4.19. The van der Waals surface area contributed by atoms with E-state index in [1.807, 2.05) is 0 Å². The summed E-state index contributed by atoms with van der Waals surface area (Å²) >= 11 is 0. The van der Waals surface area contributed by atoms with Crippen LogP contribution in [0.3, 0.4) is 0 Å². The first kappa shape index (κ1) is 16.4. The summed E-state index contributed by atoms with van der Waals surface area (Å²) in [4.78, 5) is 12.6. The van der Waals surface area contributed by atoms with E-state index in [0.717, 1.165) is 24.5 Å². The van der Waals surface area contributed by atoms with E-state index in [9.17, 15) is 0 Å². The van der Waals surface area contributed by atoms with E-state index >= 15 is 0 Å². The molecule has 0 saturated carbocycles. The van der Waals surface area contributed by atoms with Gasteiger partial charge in [0.05, 0.1) is 22.8 Å². The van der Waals surface area contributed by atoms with Crippen molar-refractivity contribution >= 4 is 0 Å². The van der Waals surface area contributed by atoms with Crippen molar-refractivity contribution in [1.82, 2.24) is 14.9 Å². The Balaban J connectivity index is 2.53. The highest BCUT2D eigenvalue weighted by atomic mass is 15.2. The summed E-state index contributed by atoms with van der Waals surface area (Å²) in [6, 6.07) is 0. The molecular weight excluding hydrogens is 258 g/mol. The fourth-order valence-corrected chi connectivity index (χ4v) is 2.70. The fraction of sp³-hybridized carbons (Fsp3) is 0.778. The number of hydrogen-bond acceptors (Lipinski definition) is 3. The van der Waals surface area contributed by atoms with E-state index in [0.29, 0.717) is 0 Å². The third-order valence-corrected chi connectivity index (χ3v) is 4.10. The molecule has 118 valence electrons. The van der Waals surface area contributed by atoms with Crippen LogP contribution in [0.4, 0.5) is 0 Å². The molecule has 0 spiro atoms. The van der Waals surface area contributed by atoms with Gasteiger partial charge in [-0.2, -0.15) is 0 Å². The number of hydrogen-bond donors (Lipinski definition) is 0. The lowest BCUT2D eigenvalue weighted by atomic mass is 9.81. The maximum Gasteiger partial charge on any atom is 0.0776 e. The van der Waals surface area contributed by atoms with Crippen LogP contribution in [0.25, 0.3) is 0 Å². The average Bonchev–Trinajstić information content (AvgIpc) is 2.66. The van der Waals surface area contributed by atoms with Crippen molar-refractivity contribution < 1.29 is 0 Å². The van der Waals surface area contributed by atoms with Gasteiger partial charge in [-0.05, 0) is 20.8 Å². The first-order valence-electron chi connectivity index (χ1n) is 7.96. The van der Waals surface area contributed by atoms with Crippen molar-refractivity contribution in [2.45, 2.75) is 91.8 Å². The summed E-state index contributed by atoms with van der Waals surface area (Å²) in [7, 11) is 0. The lowest BCUT2D eigenvalue weighted by Crippen LogP contribution is -2.37. The second kappa shape index (κ2) is 4.77. The molecule has 2 rings (SSSR count). The number of nitrogens with zero attached hydrogens (tertiary/aromatic N) is 3. The smallest absolute Gasteiger partial charge is 0.0776 e. The lowest BCUT2D eigenvalue weighted by molar-refractivity contribution is 0.134. The summed E-state index contributed by atoms with van der Waals surface area (Å²) < 4.78 is 0. The van der Waals surface area contributed by atoms with Gasteiger partial charge in [0.25, 0.3) is 0 Å². The Bertz CT molecular complexity index is 496. The van der Waals surface area contributed by atoms with Gasteiger partial charge in [0, 0.05) is 29.5 Å². The van der Waals surface area contributed by atoms with Crippen LogP contribution in [-0.4, -0.2) is 20.4 Å². The SMILES string of the molecule is CC(C)(C)c1nc2c(nc1C(C)(C)C)CN(C(C)(C)C)C2. The van der Waals surface area contributed by atoms with Gasteiger partial charge in [-0.25, -0.2) is 0 Å². The van der Waals surface area contributed by atoms with E-state index in [1.54, 1.807) is 0 Å². The van der Waals surface area contributed by atoms with Crippen molar-refractivity contribution in [1.29, 1.82) is 0 Å². The van der Waals surface area contributed by atoms with Gasteiger partial charge in [-0.15, -0.1) is 0 Å². The highest BCUT2D eigenvalue weighted by Crippen LogP contribution is 2.35. The zero-order chi connectivity index (χ0) is 16.2. The van der Waals surface area contributed by atoms with Crippen molar-refractivity contribution in [2.75, 3.05) is 0 Å². The molecule has 1 aliphatic rings. The summed E-state index contributed by atoms with van der Waals surface area (Å²) in [6.07, 6.45) is 0. The molecule has 1 aliphatic heterocycles. The third kappa shape index (κ3) is 3.28. The molecule has 0 aliphatic carbocycles. The summed E-state index contributed by atoms with van der Waals surface area (Å²) in [5.41, 5.74) is 4.87. The molecule has 0 aromatic carbocycles. The second-order valence-electron chi connectivity index (χ2n) is 9.34. The van der Waals surface area contributed by atoms with Crippen LogP contribution in [0.1, 0.15) is 85.1 Å². The maximum absolute atomic E-state index is 5.05. The molecule has 2 heterocycles. The summed E-state index contributed by atoms with van der Waals surface area (Å²) in [5.74, 6) is 0. The molecule has 21 heavy (non-hydrogen) atoms. The minimum absolute atomic E-state index is 0.0276. The normalized spacial score (nSPS) is 17.2. The van der Waals surface area contributed by atoms with E-state index < -0.39 is 0 Å². The van der Waals surface area contributed by atoms with Gasteiger partial charge >= 0.3 is 0 Å². The molecule has 1 aromatic rings. The third-order valence-electron chi connectivity index (χ3n) is 4.10. The van der Waals surface area contributed by atoms with Gasteiger partial charge in [-0.3, -0.25) is 14.9 Å². The zero-order valence-electron chi connectivity index (χ0n) is 15.3. The largest absolute Gasteiger partial charge is 0.287 e. The first-order valence-corrected chi connectivity index (χ1v) is 7.96. The Morgan fingerprint density at radius 2 is 1.00 bits per heavy atom. The topological polar surface area (TPSA) is 29.0 Å². The van der Waals surface area contributed by atoms with Crippen molar-refractivity contribution in [3.8, 4) is 0 Å². The fourth-order valence-electron chi connectivity index (χ4n) is 2.70. The molecule has 0 saturated heterocycles. The van der Waals surface area contributed by atoms with Crippen LogP contribution in [0.15, 0.2) is 0 Å². The monoisotopic (exact) mass is 289 g/mol. The van der Waals surface area contributed by atoms with Gasteiger partial charge in [0.2, 0.25) is 0 Å². The van der Waals surface area contributed by atoms with Crippen LogP contribution in [0.2, 0.25) is 0 Å². The van der Waals surface area contributed by atoms with E-state index in [2.05, 4.69) is 67.2 Å². The molecule has 0 unspecified atom stereocenters. The van der Waals surface area contributed by atoms with Crippen LogP contribution in [0.5, 0.6) is 0 Å². The van der Waals surface area contributed by atoms with Crippen molar-refractivity contribution in [2.24, 2.45) is 0 Å². The molecule has 1 aromatic heterocycles. The Morgan fingerprint density at radius 1 is 0.667 bits per heavy atom. The zero-order valence-corrected chi connectivity index (χ0v) is 15.3. The van der Waals surface area contributed by atoms with Gasteiger partial charge < -0.3 is 0 Å². The molecule has 0 amide bonds. The summed E-state index contributed by atoms with van der Waals surface area (Å²) in [6.45, 7) is 22.0. The van der Waals surface area contributed by atoms with E-state index in [1.165, 1.54) is 11.4 Å². The standard InChI is InChI=1S/C18H31N3/c1-16(2,3)14-15(17(4,5)6)20-13-11-21(18(7,8)9)10-12(13)19-14/h10-11H2,1-9H3. The van der Waals surface area contributed by atoms with Crippen LogP contribution in [0, 0.1) is 0 Å². The molecule has 3 heteroatoms. The van der Waals surface area contributed by atoms with Crippen LogP contribution < -0.4 is 0 Å². The average molecular weight is 289 g/mol. The predicted molar refractivity (Wildman–Crippen MR) is 88.4 cm³/mol.